The molecule has 2 aromatic rings. The SMILES string of the molecule is CCCNc1nc(N(C)CC(C)O)c2ccsc2n1. The van der Waals surface area contributed by atoms with Crippen molar-refractivity contribution in [3.05, 3.63) is 11.4 Å². The lowest BCUT2D eigenvalue weighted by Crippen LogP contribution is -2.28. The van der Waals surface area contributed by atoms with Gasteiger partial charge in [0, 0.05) is 20.1 Å². The van der Waals surface area contributed by atoms with Crippen LogP contribution in [-0.2, 0) is 0 Å². The monoisotopic (exact) mass is 280 g/mol. The zero-order valence-electron chi connectivity index (χ0n) is 11.6. The summed E-state index contributed by atoms with van der Waals surface area (Å²) < 4.78 is 0. The number of nitrogens with one attached hydrogen (secondary N) is 1. The minimum absolute atomic E-state index is 0.388. The molecular formula is C13H20N4OS. The van der Waals surface area contributed by atoms with Crippen molar-refractivity contribution in [1.82, 2.24) is 9.97 Å². The summed E-state index contributed by atoms with van der Waals surface area (Å²) in [6.07, 6.45) is 0.644. The Labute approximate surface area is 117 Å². The molecule has 2 rings (SSSR count). The van der Waals surface area contributed by atoms with E-state index >= 15 is 0 Å². The lowest BCUT2D eigenvalue weighted by atomic mass is 10.3. The number of hydrogen-bond acceptors (Lipinski definition) is 6. The maximum absolute atomic E-state index is 9.52. The van der Waals surface area contributed by atoms with E-state index in [4.69, 9.17) is 0 Å². The van der Waals surface area contributed by atoms with Gasteiger partial charge in [-0.2, -0.15) is 4.98 Å². The fourth-order valence-electron chi connectivity index (χ4n) is 1.93. The number of fused-ring (bicyclic) bond motifs is 1. The van der Waals surface area contributed by atoms with E-state index in [9.17, 15) is 5.11 Å². The van der Waals surface area contributed by atoms with Crippen LogP contribution in [0.1, 0.15) is 20.3 Å². The first-order valence-corrected chi connectivity index (χ1v) is 7.38. The minimum atomic E-state index is -0.388. The van der Waals surface area contributed by atoms with E-state index in [2.05, 4.69) is 22.2 Å². The van der Waals surface area contributed by atoms with Crippen LogP contribution in [0.2, 0.25) is 0 Å². The number of thiophene rings is 1. The maximum atomic E-state index is 9.52. The minimum Gasteiger partial charge on any atom is -0.392 e. The summed E-state index contributed by atoms with van der Waals surface area (Å²) in [5.74, 6) is 1.52. The molecule has 104 valence electrons. The van der Waals surface area contributed by atoms with Crippen LogP contribution in [0.15, 0.2) is 11.4 Å². The Bertz CT molecular complexity index is 540. The van der Waals surface area contributed by atoms with Crippen LogP contribution in [-0.4, -0.2) is 41.3 Å². The smallest absolute Gasteiger partial charge is 0.226 e. The first kappa shape index (κ1) is 14.0. The number of likely N-dealkylation sites (N-methyl/N-ethyl adjacent to an activating group) is 1. The molecule has 5 nitrogen and oxygen atoms in total. The van der Waals surface area contributed by atoms with Crippen LogP contribution in [0.25, 0.3) is 10.2 Å². The standard InChI is InChI=1S/C13H20N4OS/c1-4-6-14-13-15-11(17(3)8-9(2)18)10-5-7-19-12(10)16-13/h5,7,9,18H,4,6,8H2,1-3H3,(H,14,15,16). The second-order valence-corrected chi connectivity index (χ2v) is 5.56. The first-order chi connectivity index (χ1) is 9.11. The fraction of sp³-hybridized carbons (Fsp3) is 0.538. The van der Waals surface area contributed by atoms with Gasteiger partial charge in [-0.25, -0.2) is 4.98 Å². The predicted molar refractivity (Wildman–Crippen MR) is 81.1 cm³/mol. The van der Waals surface area contributed by atoms with Crippen LogP contribution in [0.5, 0.6) is 0 Å². The molecule has 1 atom stereocenters. The van der Waals surface area contributed by atoms with Gasteiger partial charge in [-0.1, -0.05) is 6.92 Å². The van der Waals surface area contributed by atoms with Crippen LogP contribution >= 0.6 is 11.3 Å². The highest BCUT2D eigenvalue weighted by atomic mass is 32.1. The van der Waals surface area contributed by atoms with Gasteiger partial charge in [0.25, 0.3) is 0 Å². The number of aromatic nitrogens is 2. The zero-order valence-corrected chi connectivity index (χ0v) is 12.4. The van der Waals surface area contributed by atoms with E-state index in [0.717, 1.165) is 29.0 Å². The molecule has 2 heterocycles. The van der Waals surface area contributed by atoms with E-state index in [0.29, 0.717) is 12.5 Å². The van der Waals surface area contributed by atoms with Gasteiger partial charge in [0.15, 0.2) is 0 Å². The molecule has 0 spiro atoms. The third kappa shape index (κ3) is 3.33. The second-order valence-electron chi connectivity index (χ2n) is 4.67. The van der Waals surface area contributed by atoms with E-state index in [-0.39, 0.29) is 6.10 Å². The number of hydrogen-bond donors (Lipinski definition) is 2. The molecule has 2 N–H and O–H groups in total. The van der Waals surface area contributed by atoms with Crippen molar-refractivity contribution < 1.29 is 5.11 Å². The third-order valence-electron chi connectivity index (χ3n) is 2.74. The molecule has 6 heteroatoms. The molecule has 1 unspecified atom stereocenters. The van der Waals surface area contributed by atoms with Gasteiger partial charge in [0.2, 0.25) is 5.95 Å². The maximum Gasteiger partial charge on any atom is 0.226 e. The second kappa shape index (κ2) is 6.16. The van der Waals surface area contributed by atoms with Gasteiger partial charge in [0.05, 0.1) is 11.5 Å². The zero-order chi connectivity index (χ0) is 13.8. The molecule has 0 radical (unpaired) electrons. The number of anilines is 2. The quantitative estimate of drug-likeness (QED) is 0.850. The topological polar surface area (TPSA) is 61.3 Å². The first-order valence-electron chi connectivity index (χ1n) is 6.50. The van der Waals surface area contributed by atoms with E-state index in [1.165, 1.54) is 0 Å². The Morgan fingerprint density at radius 3 is 2.95 bits per heavy atom. The molecule has 0 saturated carbocycles. The number of aliphatic hydroxyl groups excluding tert-OH is 1. The Kier molecular flexibility index (Phi) is 4.55. The highest BCUT2D eigenvalue weighted by molar-refractivity contribution is 7.16. The van der Waals surface area contributed by atoms with Gasteiger partial charge in [-0.3, -0.25) is 0 Å². The summed E-state index contributed by atoms with van der Waals surface area (Å²) in [6, 6.07) is 2.03. The molecule has 0 aliphatic heterocycles. The van der Waals surface area contributed by atoms with Gasteiger partial charge in [0.1, 0.15) is 10.6 Å². The highest BCUT2D eigenvalue weighted by Crippen LogP contribution is 2.28. The summed E-state index contributed by atoms with van der Waals surface area (Å²) in [5, 5.41) is 15.8. The fourth-order valence-corrected chi connectivity index (χ4v) is 2.69. The van der Waals surface area contributed by atoms with Crippen molar-refractivity contribution in [2.75, 3.05) is 30.4 Å². The Balaban J connectivity index is 2.36. The number of aliphatic hydroxyl groups is 1. The molecule has 0 fully saturated rings. The van der Waals surface area contributed by atoms with Gasteiger partial charge >= 0.3 is 0 Å². The van der Waals surface area contributed by atoms with Gasteiger partial charge < -0.3 is 15.3 Å². The summed E-state index contributed by atoms with van der Waals surface area (Å²) >= 11 is 1.61. The van der Waals surface area contributed by atoms with Gasteiger partial charge in [-0.05, 0) is 24.8 Å². The molecule has 0 aliphatic rings. The largest absolute Gasteiger partial charge is 0.392 e. The average Bonchev–Trinajstić information content (AvgIpc) is 2.82. The summed E-state index contributed by atoms with van der Waals surface area (Å²) in [6.45, 7) is 5.29. The lowest BCUT2D eigenvalue weighted by molar-refractivity contribution is 0.201. The predicted octanol–water partition coefficient (Wildman–Crippen LogP) is 2.33. The summed E-state index contributed by atoms with van der Waals surface area (Å²) in [5.41, 5.74) is 0. The van der Waals surface area contributed by atoms with Crippen LogP contribution in [0.4, 0.5) is 11.8 Å². The molecule has 0 bridgehead atoms. The van der Waals surface area contributed by atoms with E-state index in [1.54, 1.807) is 18.3 Å². The third-order valence-corrected chi connectivity index (χ3v) is 3.54. The normalized spacial score (nSPS) is 12.6. The molecule has 19 heavy (non-hydrogen) atoms. The lowest BCUT2D eigenvalue weighted by Gasteiger charge is -2.21. The Hall–Kier alpha value is -1.40. The average molecular weight is 280 g/mol. The van der Waals surface area contributed by atoms with Crippen molar-refractivity contribution in [2.24, 2.45) is 0 Å². The number of rotatable bonds is 6. The van der Waals surface area contributed by atoms with Crippen molar-refractivity contribution in [3.63, 3.8) is 0 Å². The Morgan fingerprint density at radius 1 is 1.47 bits per heavy atom. The molecule has 0 aliphatic carbocycles. The molecule has 0 aromatic carbocycles. The van der Waals surface area contributed by atoms with E-state index < -0.39 is 0 Å². The summed E-state index contributed by atoms with van der Waals surface area (Å²) in [4.78, 5) is 12.0. The van der Waals surface area contributed by atoms with Crippen molar-refractivity contribution in [2.45, 2.75) is 26.4 Å². The number of nitrogens with zero attached hydrogens (tertiary/aromatic N) is 3. The highest BCUT2D eigenvalue weighted by Gasteiger charge is 2.13. The van der Waals surface area contributed by atoms with Crippen LogP contribution in [0.3, 0.4) is 0 Å². The molecule has 0 saturated heterocycles. The van der Waals surface area contributed by atoms with Crippen LogP contribution < -0.4 is 10.2 Å². The van der Waals surface area contributed by atoms with Crippen molar-refractivity contribution in [3.8, 4) is 0 Å². The van der Waals surface area contributed by atoms with E-state index in [1.807, 2.05) is 23.4 Å². The van der Waals surface area contributed by atoms with Crippen LogP contribution in [0, 0.1) is 0 Å². The van der Waals surface area contributed by atoms with Crippen molar-refractivity contribution >= 4 is 33.3 Å². The molecule has 0 amide bonds. The molecule has 2 aromatic heterocycles. The Morgan fingerprint density at radius 2 is 2.26 bits per heavy atom. The van der Waals surface area contributed by atoms with Gasteiger partial charge in [-0.15, -0.1) is 11.3 Å². The summed E-state index contributed by atoms with van der Waals surface area (Å²) in [7, 11) is 1.94. The van der Waals surface area contributed by atoms with Crippen molar-refractivity contribution in [1.29, 1.82) is 0 Å². The molecular weight excluding hydrogens is 260 g/mol.